The van der Waals surface area contributed by atoms with E-state index in [0.717, 1.165) is 0 Å². The molecule has 0 spiro atoms. The molecule has 6 radical (unpaired) electrons. The van der Waals surface area contributed by atoms with Crippen LogP contribution in [0.2, 0.25) is 5.15 Å². The number of hydrogen-bond acceptors (Lipinski definition) is 8. The van der Waals surface area contributed by atoms with Gasteiger partial charge in [-0.3, -0.25) is 14.2 Å². The molecule has 5 rings (SSSR count). The summed E-state index contributed by atoms with van der Waals surface area (Å²) >= 11 is 6.74. The van der Waals surface area contributed by atoms with Crippen molar-refractivity contribution in [2.75, 3.05) is 12.0 Å². The van der Waals surface area contributed by atoms with Crippen LogP contribution in [0.15, 0.2) is 36.7 Å². The first kappa shape index (κ1) is 31.7. The van der Waals surface area contributed by atoms with Crippen LogP contribution in [0.5, 0.6) is 5.75 Å². The molecule has 0 aliphatic carbocycles. The second-order valence-electron chi connectivity index (χ2n) is 11.3. The number of esters is 1. The van der Waals surface area contributed by atoms with Crippen LogP contribution < -0.4 is 15.8 Å². The Hall–Kier alpha value is -3.77. The Morgan fingerprint density at radius 2 is 1.95 bits per heavy atom. The van der Waals surface area contributed by atoms with E-state index >= 15 is 0 Å². The quantitative estimate of drug-likeness (QED) is 0.194. The van der Waals surface area contributed by atoms with Gasteiger partial charge in [0.2, 0.25) is 0 Å². The second-order valence-corrected chi connectivity index (χ2v) is 11.6. The van der Waals surface area contributed by atoms with E-state index in [1.54, 1.807) is 41.8 Å². The van der Waals surface area contributed by atoms with Gasteiger partial charge in [0.1, 0.15) is 19.7 Å². The van der Waals surface area contributed by atoms with Crippen molar-refractivity contribution in [3.63, 3.8) is 0 Å². The third-order valence-electron chi connectivity index (χ3n) is 7.56. The number of halogens is 2. The van der Waals surface area contributed by atoms with Crippen LogP contribution in [0.4, 0.5) is 10.2 Å². The second kappa shape index (κ2) is 11.6. The number of carbonyl (C=O) groups is 1. The van der Waals surface area contributed by atoms with Crippen LogP contribution in [0, 0.1) is 11.7 Å². The van der Waals surface area contributed by atoms with Crippen molar-refractivity contribution in [1.29, 1.82) is 0 Å². The molecule has 2 atom stereocenters. The Balaban J connectivity index is 1.74. The minimum atomic E-state index is -1.72. The summed E-state index contributed by atoms with van der Waals surface area (Å²) < 4.78 is 29.7. The fraction of sp³-hybridized carbons (Fsp3) is 0.379. The van der Waals surface area contributed by atoms with Gasteiger partial charge in [-0.2, -0.15) is 10.2 Å². The monoisotopic (exact) mass is 611 g/mol. The first-order valence-corrected chi connectivity index (χ1v) is 14.4. The highest BCUT2D eigenvalue weighted by molar-refractivity contribution is 6.45. The van der Waals surface area contributed by atoms with Crippen LogP contribution in [0.25, 0.3) is 22.5 Å². The zero-order chi connectivity index (χ0) is 32.1. The molecule has 222 valence electrons. The minimum absolute atomic E-state index is 0.0831. The van der Waals surface area contributed by atoms with Gasteiger partial charge >= 0.3 is 5.97 Å². The molecule has 10 nitrogen and oxygen atoms in total. The summed E-state index contributed by atoms with van der Waals surface area (Å²) in [5, 5.41) is 10.5. The molecule has 1 unspecified atom stereocenters. The zero-order valence-electron chi connectivity index (χ0n) is 25.1. The molecule has 0 fully saturated rings. The van der Waals surface area contributed by atoms with Gasteiger partial charge < -0.3 is 20.5 Å². The number of rotatable bonds is 6. The molecule has 4 aromatic rings. The smallest absolute Gasteiger partial charge is 0.324 e. The summed E-state index contributed by atoms with van der Waals surface area (Å²) in [6.07, 6.45) is 3.23. The number of nitrogens with zero attached hydrogens (tertiary/aromatic N) is 5. The molecule has 0 amide bonds. The molecule has 4 heterocycles. The van der Waals surface area contributed by atoms with Gasteiger partial charge in [-0.1, -0.05) is 25.4 Å². The summed E-state index contributed by atoms with van der Waals surface area (Å²) in [6, 6.07) is 4.95. The van der Waals surface area contributed by atoms with Crippen molar-refractivity contribution in [2.45, 2.75) is 51.0 Å². The molecule has 2 bridgehead atoms. The highest BCUT2D eigenvalue weighted by Gasteiger charge is 2.38. The summed E-state index contributed by atoms with van der Waals surface area (Å²) in [5.41, 5.74) is 7.03. The third kappa shape index (κ3) is 5.61. The summed E-state index contributed by atoms with van der Waals surface area (Å²) in [6.45, 7) is 7.26. The Labute approximate surface area is 264 Å². The third-order valence-corrected chi connectivity index (χ3v) is 7.83. The molecule has 0 saturated heterocycles. The molecule has 15 heteroatoms. The summed E-state index contributed by atoms with van der Waals surface area (Å²) in [4.78, 5) is 16.9. The number of hydrogen-bond donors (Lipinski definition) is 2. The SMILES string of the molecule is [B]C1([B])c2cn(C)nc2-c2ccc(F)cc2[C@@]([B])(C)Oc2cc(cnc2NCOC(=O)C(N)C(C)C)-c2c1c(Cl)nn2CC. The van der Waals surface area contributed by atoms with E-state index in [-0.39, 0.29) is 34.9 Å². The van der Waals surface area contributed by atoms with Crippen molar-refractivity contribution in [1.82, 2.24) is 24.5 Å². The molecular formula is C29H30B3ClFN7O3. The molecule has 3 N–H and O–H groups in total. The number of nitrogens with two attached hydrogens (primary N) is 1. The Morgan fingerprint density at radius 3 is 2.64 bits per heavy atom. The largest absolute Gasteiger partial charge is 0.489 e. The predicted octanol–water partition coefficient (Wildman–Crippen LogP) is 3.33. The van der Waals surface area contributed by atoms with Crippen molar-refractivity contribution in [3.8, 4) is 28.3 Å². The molecule has 1 aromatic carbocycles. The molecule has 1 aliphatic rings. The van der Waals surface area contributed by atoms with Crippen molar-refractivity contribution in [3.05, 3.63) is 64.3 Å². The number of nitrogens with one attached hydrogen (secondary N) is 1. The van der Waals surface area contributed by atoms with E-state index in [4.69, 9.17) is 50.3 Å². The average molecular weight is 611 g/mol. The number of ether oxygens (including phenoxy) is 2. The fourth-order valence-electron chi connectivity index (χ4n) is 5.19. The highest BCUT2D eigenvalue weighted by Crippen LogP contribution is 2.46. The van der Waals surface area contributed by atoms with E-state index in [1.807, 2.05) is 20.8 Å². The lowest BCUT2D eigenvalue weighted by Crippen LogP contribution is -2.37. The van der Waals surface area contributed by atoms with Crippen molar-refractivity contribution in [2.24, 2.45) is 18.7 Å². The predicted molar refractivity (Wildman–Crippen MR) is 168 cm³/mol. The summed E-state index contributed by atoms with van der Waals surface area (Å²) in [5.74, 6) is -0.905. The lowest BCUT2D eigenvalue weighted by atomic mass is 9.47. The van der Waals surface area contributed by atoms with Crippen molar-refractivity contribution < 1.29 is 18.7 Å². The summed E-state index contributed by atoms with van der Waals surface area (Å²) in [7, 11) is 22.4. The molecule has 1 aliphatic heterocycles. The number of carbonyl (C=O) groups excluding carboxylic acids is 1. The van der Waals surface area contributed by atoms with E-state index in [2.05, 4.69) is 20.5 Å². The van der Waals surface area contributed by atoms with Gasteiger partial charge in [0.25, 0.3) is 0 Å². The number of aryl methyl sites for hydroxylation is 2. The molecular weight excluding hydrogens is 581 g/mol. The maximum absolute atomic E-state index is 14.8. The topological polar surface area (TPSA) is 122 Å². The molecule has 0 saturated carbocycles. The fourth-order valence-corrected chi connectivity index (χ4v) is 5.53. The Morgan fingerprint density at radius 1 is 1.23 bits per heavy atom. The average Bonchev–Trinajstić information content (AvgIpc) is 3.52. The Bertz CT molecular complexity index is 1740. The first-order valence-electron chi connectivity index (χ1n) is 14.0. The van der Waals surface area contributed by atoms with Gasteiger partial charge in [0.05, 0.1) is 32.6 Å². The zero-order valence-corrected chi connectivity index (χ0v) is 25.8. The number of fused-ring (bicyclic) bond motifs is 7. The first-order chi connectivity index (χ1) is 20.6. The Kier molecular flexibility index (Phi) is 8.36. The number of aromatic nitrogens is 5. The maximum Gasteiger partial charge on any atom is 0.324 e. The normalized spacial score (nSPS) is 17.8. The van der Waals surface area contributed by atoms with Crippen LogP contribution in [0.1, 0.15) is 44.4 Å². The van der Waals surface area contributed by atoms with Gasteiger partial charge in [0.15, 0.2) is 23.5 Å². The van der Waals surface area contributed by atoms with Crippen molar-refractivity contribution >= 4 is 46.9 Å². The van der Waals surface area contributed by atoms with Crippen LogP contribution in [0.3, 0.4) is 0 Å². The van der Waals surface area contributed by atoms with Crippen LogP contribution >= 0.6 is 11.6 Å². The highest BCUT2D eigenvalue weighted by atomic mass is 35.5. The lowest BCUT2D eigenvalue weighted by Gasteiger charge is -2.33. The molecule has 3 aromatic heterocycles. The van der Waals surface area contributed by atoms with Gasteiger partial charge in [0, 0.05) is 42.7 Å². The van der Waals surface area contributed by atoms with E-state index in [9.17, 15) is 9.18 Å². The van der Waals surface area contributed by atoms with E-state index in [1.165, 1.54) is 18.2 Å². The number of anilines is 1. The molecule has 44 heavy (non-hydrogen) atoms. The van der Waals surface area contributed by atoms with Gasteiger partial charge in [-0.25, -0.2) is 9.37 Å². The number of benzene rings is 1. The van der Waals surface area contributed by atoms with E-state index < -0.39 is 28.5 Å². The van der Waals surface area contributed by atoms with Gasteiger partial charge in [-0.15, -0.1) is 0 Å². The van der Waals surface area contributed by atoms with Crippen LogP contribution in [-0.2, 0) is 33.8 Å². The van der Waals surface area contributed by atoms with Crippen LogP contribution in [-0.4, -0.2) is 66.8 Å². The standard InChI is InChI=1S/C29H30B3ClFN7O3/c1-6-41-24-15-9-20(26(36-11-15)37-13-43-27(42)22(35)14(2)3)44-28(4,30)18-10-16(34)7-8-17(18)23-19(12-40(5)38-23)29(31,32)21(24)25(33)39-41/h7-12,14,22H,6,13,35H2,1-5H3,(H,36,37)/t22?,28-/m1/s1. The lowest BCUT2D eigenvalue weighted by molar-refractivity contribution is -0.145. The van der Waals surface area contributed by atoms with E-state index in [0.29, 0.717) is 40.2 Å². The maximum atomic E-state index is 14.8. The number of pyridine rings is 1. The minimum Gasteiger partial charge on any atom is -0.489 e. The van der Waals surface area contributed by atoms with Gasteiger partial charge in [-0.05, 0) is 60.4 Å².